The largest absolute Gasteiger partial charge is 0.297 e. The first-order valence-corrected chi connectivity index (χ1v) is 5.85. The zero-order chi connectivity index (χ0) is 13.8. The lowest BCUT2D eigenvalue weighted by molar-refractivity contribution is -0.119. The van der Waals surface area contributed by atoms with Crippen LogP contribution in [0.2, 0.25) is 0 Å². The molecule has 0 saturated heterocycles. The minimum atomic E-state index is -0.340. The fourth-order valence-electron chi connectivity index (χ4n) is 1.72. The maximum Gasteiger partial charge on any atom is 0.267 e. The van der Waals surface area contributed by atoms with E-state index in [0.29, 0.717) is 11.3 Å². The SMILES string of the molecule is Cc1ccc(=O)n(CC(=O)Cc2ccc(F)cc2)n1. The summed E-state index contributed by atoms with van der Waals surface area (Å²) in [6.07, 6.45) is 0.155. The molecule has 98 valence electrons. The van der Waals surface area contributed by atoms with Crippen molar-refractivity contribution in [3.05, 3.63) is 63.8 Å². The Balaban J connectivity index is 2.07. The van der Waals surface area contributed by atoms with E-state index in [2.05, 4.69) is 5.10 Å². The summed E-state index contributed by atoms with van der Waals surface area (Å²) in [7, 11) is 0. The number of rotatable bonds is 4. The molecule has 5 heteroatoms. The number of hydrogen-bond acceptors (Lipinski definition) is 3. The molecule has 19 heavy (non-hydrogen) atoms. The second-order valence-corrected chi connectivity index (χ2v) is 4.31. The Labute approximate surface area is 109 Å². The van der Waals surface area contributed by atoms with Crippen LogP contribution in [0.3, 0.4) is 0 Å². The smallest absolute Gasteiger partial charge is 0.267 e. The monoisotopic (exact) mass is 260 g/mol. The highest BCUT2D eigenvalue weighted by Crippen LogP contribution is 2.04. The molecule has 1 heterocycles. The number of aromatic nitrogens is 2. The topological polar surface area (TPSA) is 52.0 Å². The average molecular weight is 260 g/mol. The van der Waals surface area contributed by atoms with Gasteiger partial charge in [-0.3, -0.25) is 9.59 Å². The van der Waals surface area contributed by atoms with Gasteiger partial charge in [0.25, 0.3) is 5.56 Å². The van der Waals surface area contributed by atoms with Crippen molar-refractivity contribution in [1.29, 1.82) is 0 Å². The lowest BCUT2D eigenvalue weighted by atomic mass is 10.1. The number of nitrogens with zero attached hydrogens (tertiary/aromatic N) is 2. The molecule has 0 spiro atoms. The van der Waals surface area contributed by atoms with Crippen LogP contribution in [0.4, 0.5) is 4.39 Å². The highest BCUT2D eigenvalue weighted by Gasteiger charge is 2.07. The maximum absolute atomic E-state index is 12.7. The predicted molar refractivity (Wildman–Crippen MR) is 68.3 cm³/mol. The second-order valence-electron chi connectivity index (χ2n) is 4.31. The molecule has 1 aromatic carbocycles. The molecule has 0 aliphatic rings. The van der Waals surface area contributed by atoms with Crippen LogP contribution in [0.5, 0.6) is 0 Å². The molecule has 0 radical (unpaired) electrons. The Morgan fingerprint density at radius 2 is 1.89 bits per heavy atom. The summed E-state index contributed by atoms with van der Waals surface area (Å²) >= 11 is 0. The van der Waals surface area contributed by atoms with Crippen molar-refractivity contribution in [2.45, 2.75) is 19.9 Å². The van der Waals surface area contributed by atoms with Crippen molar-refractivity contribution in [3.63, 3.8) is 0 Å². The third-order valence-electron chi connectivity index (χ3n) is 2.64. The number of aryl methyl sites for hydroxylation is 1. The highest BCUT2D eigenvalue weighted by atomic mass is 19.1. The van der Waals surface area contributed by atoms with Gasteiger partial charge in [0.05, 0.1) is 5.69 Å². The minimum Gasteiger partial charge on any atom is -0.297 e. The van der Waals surface area contributed by atoms with Crippen LogP contribution in [0.25, 0.3) is 0 Å². The lowest BCUT2D eigenvalue weighted by Gasteiger charge is -2.04. The zero-order valence-electron chi connectivity index (χ0n) is 10.5. The van der Waals surface area contributed by atoms with Crippen LogP contribution < -0.4 is 5.56 Å². The van der Waals surface area contributed by atoms with Crippen LogP contribution in [0, 0.1) is 12.7 Å². The van der Waals surface area contributed by atoms with E-state index in [1.807, 2.05) is 0 Å². The number of hydrogen-bond donors (Lipinski definition) is 0. The van der Waals surface area contributed by atoms with Crippen molar-refractivity contribution in [2.24, 2.45) is 0 Å². The van der Waals surface area contributed by atoms with Gasteiger partial charge in [0.15, 0.2) is 5.78 Å². The van der Waals surface area contributed by atoms with Crippen molar-refractivity contribution < 1.29 is 9.18 Å². The molecule has 2 aromatic rings. The number of carbonyl (C=O) groups is 1. The molecule has 1 aromatic heterocycles. The highest BCUT2D eigenvalue weighted by molar-refractivity contribution is 5.80. The molecule has 0 atom stereocenters. The molecule has 0 aliphatic carbocycles. The molecule has 0 bridgehead atoms. The van der Waals surface area contributed by atoms with Gasteiger partial charge in [-0.2, -0.15) is 5.10 Å². The maximum atomic E-state index is 12.7. The molecule has 0 amide bonds. The first kappa shape index (κ1) is 13.1. The molecule has 0 fully saturated rings. The molecule has 0 aliphatic heterocycles. The summed E-state index contributed by atoms with van der Waals surface area (Å²) in [4.78, 5) is 23.3. The number of Topliss-reactive ketones (excluding diaryl/α,β-unsaturated/α-hetero) is 1. The van der Waals surface area contributed by atoms with E-state index in [1.165, 1.54) is 18.2 Å². The van der Waals surface area contributed by atoms with E-state index >= 15 is 0 Å². The molecule has 0 saturated carbocycles. The summed E-state index contributed by atoms with van der Waals surface area (Å²) in [5.74, 6) is -0.487. The quantitative estimate of drug-likeness (QED) is 0.837. The molecular weight excluding hydrogens is 247 g/mol. The average Bonchev–Trinajstić information content (AvgIpc) is 2.37. The Hall–Kier alpha value is -2.30. The van der Waals surface area contributed by atoms with Gasteiger partial charge < -0.3 is 0 Å². The molecule has 0 N–H and O–H groups in total. The van der Waals surface area contributed by atoms with Crippen LogP contribution in [-0.2, 0) is 17.8 Å². The first-order chi connectivity index (χ1) is 9.04. The number of halogens is 1. The van der Waals surface area contributed by atoms with Gasteiger partial charge in [-0.05, 0) is 30.7 Å². The van der Waals surface area contributed by atoms with E-state index in [0.717, 1.165) is 4.68 Å². The predicted octanol–water partition coefficient (Wildman–Crippen LogP) is 1.50. The summed E-state index contributed by atoms with van der Waals surface area (Å²) in [6, 6.07) is 8.70. The first-order valence-electron chi connectivity index (χ1n) is 5.85. The fourth-order valence-corrected chi connectivity index (χ4v) is 1.72. The fraction of sp³-hybridized carbons (Fsp3) is 0.214. The van der Waals surface area contributed by atoms with Gasteiger partial charge in [-0.25, -0.2) is 9.07 Å². The summed E-state index contributed by atoms with van der Waals surface area (Å²) in [5, 5.41) is 3.99. The Morgan fingerprint density at radius 3 is 2.58 bits per heavy atom. The van der Waals surface area contributed by atoms with E-state index in [4.69, 9.17) is 0 Å². The lowest BCUT2D eigenvalue weighted by Crippen LogP contribution is -2.27. The molecule has 2 rings (SSSR count). The van der Waals surface area contributed by atoms with E-state index < -0.39 is 0 Å². The number of carbonyl (C=O) groups excluding carboxylic acids is 1. The molecular formula is C14H13FN2O2. The standard InChI is InChI=1S/C14H13FN2O2/c1-10-2-7-14(19)17(16-10)9-13(18)8-11-3-5-12(15)6-4-11/h2-7H,8-9H2,1H3. The second kappa shape index (κ2) is 5.56. The number of ketones is 1. The van der Waals surface area contributed by atoms with E-state index in [-0.39, 0.29) is 30.1 Å². The van der Waals surface area contributed by atoms with Gasteiger partial charge in [0.1, 0.15) is 12.4 Å². The van der Waals surface area contributed by atoms with Gasteiger partial charge in [0, 0.05) is 12.5 Å². The third-order valence-corrected chi connectivity index (χ3v) is 2.64. The van der Waals surface area contributed by atoms with E-state index in [1.54, 1.807) is 25.1 Å². The Bertz CT molecular complexity index is 647. The van der Waals surface area contributed by atoms with Gasteiger partial charge in [0.2, 0.25) is 0 Å². The molecule has 4 nitrogen and oxygen atoms in total. The summed E-state index contributed by atoms with van der Waals surface area (Å²) in [5.41, 5.74) is 1.08. The Kier molecular flexibility index (Phi) is 3.85. The van der Waals surface area contributed by atoms with Gasteiger partial charge >= 0.3 is 0 Å². The van der Waals surface area contributed by atoms with Gasteiger partial charge in [-0.1, -0.05) is 12.1 Å². The summed E-state index contributed by atoms with van der Waals surface area (Å²) in [6.45, 7) is 1.68. The number of benzene rings is 1. The van der Waals surface area contributed by atoms with Gasteiger partial charge in [-0.15, -0.1) is 0 Å². The third kappa shape index (κ3) is 3.58. The Morgan fingerprint density at radius 1 is 1.21 bits per heavy atom. The van der Waals surface area contributed by atoms with Crippen LogP contribution in [0.1, 0.15) is 11.3 Å². The normalized spacial score (nSPS) is 10.4. The van der Waals surface area contributed by atoms with Crippen LogP contribution in [-0.4, -0.2) is 15.6 Å². The summed E-state index contributed by atoms with van der Waals surface area (Å²) < 4.78 is 13.9. The zero-order valence-corrected chi connectivity index (χ0v) is 10.5. The van der Waals surface area contributed by atoms with Crippen LogP contribution >= 0.6 is 0 Å². The molecule has 0 unspecified atom stereocenters. The van der Waals surface area contributed by atoms with Crippen molar-refractivity contribution in [2.75, 3.05) is 0 Å². The minimum absolute atomic E-state index is 0.0715. The van der Waals surface area contributed by atoms with Crippen molar-refractivity contribution in [1.82, 2.24) is 9.78 Å². The van der Waals surface area contributed by atoms with Crippen LogP contribution in [0.15, 0.2) is 41.2 Å². The van der Waals surface area contributed by atoms with E-state index in [9.17, 15) is 14.0 Å². The van der Waals surface area contributed by atoms with Crippen molar-refractivity contribution in [3.8, 4) is 0 Å². The van der Waals surface area contributed by atoms with Crippen molar-refractivity contribution >= 4 is 5.78 Å².